The van der Waals surface area contributed by atoms with E-state index in [2.05, 4.69) is 47.2 Å². The van der Waals surface area contributed by atoms with Crippen molar-refractivity contribution in [2.45, 2.75) is 38.1 Å². The molecular weight excluding hydrogens is 304 g/mol. The van der Waals surface area contributed by atoms with Crippen LogP contribution < -0.4 is 5.32 Å². The minimum atomic E-state index is -0.0324. The maximum absolute atomic E-state index is 11.6. The van der Waals surface area contributed by atoms with Crippen LogP contribution >= 0.6 is 15.9 Å². The lowest BCUT2D eigenvalue weighted by atomic mass is 9.95. The highest BCUT2D eigenvalue weighted by Crippen LogP contribution is 2.36. The van der Waals surface area contributed by atoms with E-state index in [-0.39, 0.29) is 6.03 Å². The van der Waals surface area contributed by atoms with Crippen LogP contribution in [0.5, 0.6) is 0 Å². The lowest BCUT2D eigenvalue weighted by Crippen LogP contribution is -2.35. The molecule has 1 N–H and O–H groups in total. The SMILES string of the molecule is CCCC(C)C(Br)c1ccc2c(c1)CN(C)C(=O)N2. The van der Waals surface area contributed by atoms with Gasteiger partial charge in [0.2, 0.25) is 0 Å². The molecule has 1 aromatic carbocycles. The van der Waals surface area contributed by atoms with E-state index in [0.29, 0.717) is 17.3 Å². The molecule has 2 unspecified atom stereocenters. The third-order valence-corrected chi connectivity index (χ3v) is 5.12. The lowest BCUT2D eigenvalue weighted by molar-refractivity contribution is 0.218. The summed E-state index contributed by atoms with van der Waals surface area (Å²) in [6, 6.07) is 6.30. The van der Waals surface area contributed by atoms with Crippen LogP contribution in [0.25, 0.3) is 0 Å². The largest absolute Gasteiger partial charge is 0.323 e. The number of fused-ring (bicyclic) bond motifs is 1. The van der Waals surface area contributed by atoms with E-state index < -0.39 is 0 Å². The van der Waals surface area contributed by atoms with Crippen LogP contribution in [-0.4, -0.2) is 18.0 Å². The first kappa shape index (κ1) is 14.4. The maximum Gasteiger partial charge on any atom is 0.321 e. The molecular formula is C15H21BrN2O. The highest BCUT2D eigenvalue weighted by Gasteiger charge is 2.22. The first-order valence-corrected chi connectivity index (χ1v) is 7.73. The Morgan fingerprint density at radius 2 is 2.21 bits per heavy atom. The summed E-state index contributed by atoms with van der Waals surface area (Å²) in [5.74, 6) is 0.610. The van der Waals surface area contributed by atoms with Gasteiger partial charge in [-0.1, -0.05) is 48.3 Å². The number of halogens is 1. The number of amides is 2. The summed E-state index contributed by atoms with van der Waals surface area (Å²) >= 11 is 3.81. The Labute approximate surface area is 123 Å². The van der Waals surface area contributed by atoms with Crippen molar-refractivity contribution >= 4 is 27.6 Å². The summed E-state index contributed by atoms with van der Waals surface area (Å²) in [4.78, 5) is 13.6. The van der Waals surface area contributed by atoms with Crippen molar-refractivity contribution in [1.82, 2.24) is 4.90 Å². The van der Waals surface area contributed by atoms with Crippen molar-refractivity contribution in [2.75, 3.05) is 12.4 Å². The van der Waals surface area contributed by atoms with Gasteiger partial charge in [-0.25, -0.2) is 4.79 Å². The van der Waals surface area contributed by atoms with Crippen LogP contribution in [0.15, 0.2) is 18.2 Å². The molecule has 0 radical (unpaired) electrons. The quantitative estimate of drug-likeness (QED) is 0.810. The van der Waals surface area contributed by atoms with Gasteiger partial charge in [0.05, 0.1) is 0 Å². The van der Waals surface area contributed by atoms with Crippen LogP contribution in [0.4, 0.5) is 10.5 Å². The molecule has 1 aliphatic heterocycles. The van der Waals surface area contributed by atoms with Gasteiger partial charge in [-0.05, 0) is 29.5 Å². The van der Waals surface area contributed by atoms with E-state index in [1.165, 1.54) is 24.0 Å². The van der Waals surface area contributed by atoms with Crippen molar-refractivity contribution < 1.29 is 4.79 Å². The number of hydrogen-bond donors (Lipinski definition) is 1. The van der Waals surface area contributed by atoms with E-state index in [1.54, 1.807) is 4.90 Å². The molecule has 2 atom stereocenters. The van der Waals surface area contributed by atoms with Gasteiger partial charge in [0.25, 0.3) is 0 Å². The fraction of sp³-hybridized carbons (Fsp3) is 0.533. The number of nitrogens with one attached hydrogen (secondary N) is 1. The number of nitrogens with zero attached hydrogens (tertiary/aromatic N) is 1. The molecule has 0 fully saturated rings. The Morgan fingerprint density at radius 1 is 1.47 bits per heavy atom. The summed E-state index contributed by atoms with van der Waals surface area (Å²) < 4.78 is 0. The molecule has 19 heavy (non-hydrogen) atoms. The standard InChI is InChI=1S/C15H21BrN2O/c1-4-5-10(2)14(16)11-6-7-13-12(8-11)9-18(3)15(19)17-13/h6-8,10,14H,4-5,9H2,1-3H3,(H,17,19). The molecule has 104 valence electrons. The molecule has 1 aliphatic rings. The number of alkyl halides is 1. The molecule has 0 aliphatic carbocycles. The highest BCUT2D eigenvalue weighted by atomic mass is 79.9. The van der Waals surface area contributed by atoms with Gasteiger partial charge in [0.1, 0.15) is 0 Å². The van der Waals surface area contributed by atoms with Crippen LogP contribution in [0.1, 0.15) is 42.6 Å². The minimum Gasteiger partial charge on any atom is -0.323 e. The smallest absolute Gasteiger partial charge is 0.321 e. The topological polar surface area (TPSA) is 32.3 Å². The summed E-state index contributed by atoms with van der Waals surface area (Å²) in [5, 5.41) is 2.90. The molecule has 1 heterocycles. The fourth-order valence-corrected chi connectivity index (χ4v) is 3.06. The normalized spacial score (nSPS) is 17.7. The van der Waals surface area contributed by atoms with Crippen LogP contribution in [0.3, 0.4) is 0 Å². The van der Waals surface area contributed by atoms with Gasteiger partial charge >= 0.3 is 6.03 Å². The van der Waals surface area contributed by atoms with Gasteiger partial charge in [0, 0.05) is 24.1 Å². The molecule has 1 aromatic rings. The number of anilines is 1. The Balaban J connectivity index is 2.21. The lowest BCUT2D eigenvalue weighted by Gasteiger charge is -2.27. The van der Waals surface area contributed by atoms with Crippen LogP contribution in [-0.2, 0) is 6.54 Å². The second kappa shape index (κ2) is 5.95. The Morgan fingerprint density at radius 3 is 2.89 bits per heavy atom. The van der Waals surface area contributed by atoms with Crippen LogP contribution in [0.2, 0.25) is 0 Å². The van der Waals surface area contributed by atoms with Gasteiger partial charge in [-0.2, -0.15) is 0 Å². The molecule has 3 nitrogen and oxygen atoms in total. The highest BCUT2D eigenvalue weighted by molar-refractivity contribution is 9.09. The van der Waals surface area contributed by atoms with Crippen molar-refractivity contribution in [1.29, 1.82) is 0 Å². The molecule has 2 amide bonds. The zero-order valence-corrected chi connectivity index (χ0v) is 13.3. The average molecular weight is 325 g/mol. The summed E-state index contributed by atoms with van der Waals surface area (Å²) in [6.07, 6.45) is 2.41. The summed E-state index contributed by atoms with van der Waals surface area (Å²) in [5.41, 5.74) is 3.42. The van der Waals surface area contributed by atoms with Gasteiger partial charge in [0.15, 0.2) is 0 Å². The van der Waals surface area contributed by atoms with E-state index in [1.807, 2.05) is 13.1 Å². The molecule has 2 rings (SSSR count). The molecule has 0 spiro atoms. The predicted octanol–water partition coefficient (Wildman–Crippen LogP) is 4.54. The average Bonchev–Trinajstić information content (AvgIpc) is 2.39. The first-order chi connectivity index (χ1) is 9.02. The molecule has 4 heteroatoms. The maximum atomic E-state index is 11.6. The molecule has 0 saturated heterocycles. The number of hydrogen-bond acceptors (Lipinski definition) is 1. The van der Waals surface area contributed by atoms with Gasteiger partial charge < -0.3 is 10.2 Å². The number of carbonyl (C=O) groups is 1. The first-order valence-electron chi connectivity index (χ1n) is 6.82. The Bertz CT molecular complexity index is 475. The third-order valence-electron chi connectivity index (χ3n) is 3.69. The number of carbonyl (C=O) groups excluding carboxylic acids is 1. The van der Waals surface area contributed by atoms with Gasteiger partial charge in [-0.15, -0.1) is 0 Å². The summed E-state index contributed by atoms with van der Waals surface area (Å²) in [6.45, 7) is 5.17. The second-order valence-electron chi connectivity index (χ2n) is 5.37. The van der Waals surface area contributed by atoms with Crippen molar-refractivity contribution in [2.24, 2.45) is 5.92 Å². The molecule has 0 aromatic heterocycles. The van der Waals surface area contributed by atoms with E-state index in [4.69, 9.17) is 0 Å². The van der Waals surface area contributed by atoms with Crippen molar-refractivity contribution in [3.05, 3.63) is 29.3 Å². The Hall–Kier alpha value is -1.03. The van der Waals surface area contributed by atoms with Gasteiger partial charge in [-0.3, -0.25) is 0 Å². The number of urea groups is 1. The monoisotopic (exact) mass is 324 g/mol. The summed E-state index contributed by atoms with van der Waals surface area (Å²) in [7, 11) is 1.82. The molecule has 0 saturated carbocycles. The number of benzene rings is 1. The zero-order valence-electron chi connectivity index (χ0n) is 11.7. The van der Waals surface area contributed by atoms with E-state index >= 15 is 0 Å². The van der Waals surface area contributed by atoms with Crippen LogP contribution in [0, 0.1) is 5.92 Å². The fourth-order valence-electron chi connectivity index (χ4n) is 2.51. The van der Waals surface area contributed by atoms with Crippen molar-refractivity contribution in [3.8, 4) is 0 Å². The van der Waals surface area contributed by atoms with Crippen molar-refractivity contribution in [3.63, 3.8) is 0 Å². The minimum absolute atomic E-state index is 0.0324. The van der Waals surface area contributed by atoms with E-state index in [9.17, 15) is 4.79 Å². The number of rotatable bonds is 4. The third kappa shape index (κ3) is 3.11. The molecule has 0 bridgehead atoms. The Kier molecular flexibility index (Phi) is 4.50. The second-order valence-corrected chi connectivity index (χ2v) is 6.36. The van der Waals surface area contributed by atoms with E-state index in [0.717, 1.165) is 5.69 Å². The predicted molar refractivity (Wildman–Crippen MR) is 82.7 cm³/mol. The zero-order chi connectivity index (χ0) is 14.0.